The first-order chi connectivity index (χ1) is 7.69. The van der Waals surface area contributed by atoms with Gasteiger partial charge in [-0.2, -0.15) is 0 Å². The standard InChI is InChI=1S/C12H18N2O2/c1-2-10(13)12(16)14-11(8-15)9-6-4-3-5-7-9/h3-7,10-11,15H,2,8,13H2,1H3,(H,14,16)/t10-,11-/m1/s1. The zero-order valence-corrected chi connectivity index (χ0v) is 9.39. The van der Waals surface area contributed by atoms with Crippen LogP contribution in [0.1, 0.15) is 24.9 Å². The molecule has 0 saturated heterocycles. The van der Waals surface area contributed by atoms with E-state index in [1.165, 1.54) is 0 Å². The number of benzene rings is 1. The predicted molar refractivity (Wildman–Crippen MR) is 62.7 cm³/mol. The van der Waals surface area contributed by atoms with E-state index in [2.05, 4.69) is 5.32 Å². The number of amides is 1. The molecule has 16 heavy (non-hydrogen) atoms. The third-order valence-electron chi connectivity index (χ3n) is 2.48. The lowest BCUT2D eigenvalue weighted by Gasteiger charge is -2.18. The maximum absolute atomic E-state index is 11.6. The van der Waals surface area contributed by atoms with Crippen LogP contribution in [0.25, 0.3) is 0 Å². The van der Waals surface area contributed by atoms with Crippen molar-refractivity contribution in [2.75, 3.05) is 6.61 Å². The van der Waals surface area contributed by atoms with E-state index in [0.29, 0.717) is 6.42 Å². The summed E-state index contributed by atoms with van der Waals surface area (Å²) < 4.78 is 0. The minimum absolute atomic E-state index is 0.133. The Labute approximate surface area is 95.5 Å². The molecule has 4 nitrogen and oxygen atoms in total. The Bertz CT molecular complexity index is 327. The number of rotatable bonds is 5. The van der Waals surface area contributed by atoms with Gasteiger partial charge in [0.15, 0.2) is 0 Å². The fourth-order valence-corrected chi connectivity index (χ4v) is 1.38. The maximum atomic E-state index is 11.6. The lowest BCUT2D eigenvalue weighted by Crippen LogP contribution is -2.42. The van der Waals surface area contributed by atoms with Crippen LogP contribution >= 0.6 is 0 Å². The van der Waals surface area contributed by atoms with Gasteiger partial charge in [0.25, 0.3) is 0 Å². The molecule has 0 fully saturated rings. The molecule has 0 heterocycles. The lowest BCUT2D eigenvalue weighted by molar-refractivity contribution is -0.123. The smallest absolute Gasteiger partial charge is 0.237 e. The summed E-state index contributed by atoms with van der Waals surface area (Å²) in [6.45, 7) is 1.72. The van der Waals surface area contributed by atoms with Crippen LogP contribution in [0.3, 0.4) is 0 Å². The summed E-state index contributed by atoms with van der Waals surface area (Å²) in [7, 11) is 0. The number of hydrogen-bond acceptors (Lipinski definition) is 3. The van der Waals surface area contributed by atoms with Crippen molar-refractivity contribution in [3.63, 3.8) is 0 Å². The number of carbonyl (C=O) groups excluding carboxylic acids is 1. The minimum Gasteiger partial charge on any atom is -0.394 e. The Morgan fingerprint density at radius 3 is 2.56 bits per heavy atom. The van der Waals surface area contributed by atoms with Crippen LogP contribution in [0.2, 0.25) is 0 Å². The van der Waals surface area contributed by atoms with Crippen molar-refractivity contribution in [3.05, 3.63) is 35.9 Å². The Balaban J connectivity index is 2.66. The second-order valence-corrected chi connectivity index (χ2v) is 3.67. The van der Waals surface area contributed by atoms with Crippen LogP contribution in [0.5, 0.6) is 0 Å². The van der Waals surface area contributed by atoms with Gasteiger partial charge in [0.2, 0.25) is 5.91 Å². The number of nitrogens with one attached hydrogen (secondary N) is 1. The van der Waals surface area contributed by atoms with E-state index in [0.717, 1.165) is 5.56 Å². The summed E-state index contributed by atoms with van der Waals surface area (Å²) in [6, 6.07) is 8.44. The minimum atomic E-state index is -0.516. The molecule has 0 aliphatic carbocycles. The molecular formula is C12H18N2O2. The number of aliphatic hydroxyl groups excluding tert-OH is 1. The van der Waals surface area contributed by atoms with Gasteiger partial charge in [-0.25, -0.2) is 0 Å². The van der Waals surface area contributed by atoms with Gasteiger partial charge in [0.05, 0.1) is 18.7 Å². The molecule has 1 rings (SSSR count). The van der Waals surface area contributed by atoms with Crippen LogP contribution in [0.4, 0.5) is 0 Å². The van der Waals surface area contributed by atoms with Crippen molar-refractivity contribution in [1.29, 1.82) is 0 Å². The Morgan fingerprint density at radius 2 is 2.06 bits per heavy atom. The monoisotopic (exact) mass is 222 g/mol. The first-order valence-electron chi connectivity index (χ1n) is 5.40. The average Bonchev–Trinajstić information content (AvgIpc) is 2.35. The third kappa shape index (κ3) is 3.32. The largest absolute Gasteiger partial charge is 0.394 e. The summed E-state index contributed by atoms with van der Waals surface area (Å²) in [5.74, 6) is -0.231. The van der Waals surface area contributed by atoms with Gasteiger partial charge in [-0.05, 0) is 12.0 Å². The van der Waals surface area contributed by atoms with E-state index in [9.17, 15) is 9.90 Å². The van der Waals surface area contributed by atoms with E-state index >= 15 is 0 Å². The van der Waals surface area contributed by atoms with E-state index in [1.807, 2.05) is 37.3 Å². The molecular weight excluding hydrogens is 204 g/mol. The summed E-state index contributed by atoms with van der Waals surface area (Å²) in [4.78, 5) is 11.6. The zero-order chi connectivity index (χ0) is 12.0. The van der Waals surface area contributed by atoms with E-state index < -0.39 is 6.04 Å². The zero-order valence-electron chi connectivity index (χ0n) is 9.39. The topological polar surface area (TPSA) is 75.4 Å². The van der Waals surface area contributed by atoms with Crippen molar-refractivity contribution in [3.8, 4) is 0 Å². The SMILES string of the molecule is CC[C@@H](N)C(=O)N[C@H](CO)c1ccccc1. The van der Waals surface area contributed by atoms with E-state index in [4.69, 9.17) is 5.73 Å². The van der Waals surface area contributed by atoms with E-state index in [1.54, 1.807) is 0 Å². The molecule has 0 aliphatic heterocycles. The quantitative estimate of drug-likeness (QED) is 0.682. The van der Waals surface area contributed by atoms with Crippen LogP contribution < -0.4 is 11.1 Å². The third-order valence-corrected chi connectivity index (χ3v) is 2.48. The molecule has 0 unspecified atom stereocenters. The van der Waals surface area contributed by atoms with Gasteiger partial charge in [-0.1, -0.05) is 37.3 Å². The maximum Gasteiger partial charge on any atom is 0.237 e. The highest BCUT2D eigenvalue weighted by Gasteiger charge is 2.17. The molecule has 0 spiro atoms. The molecule has 0 radical (unpaired) electrons. The van der Waals surface area contributed by atoms with Crippen molar-refractivity contribution in [2.24, 2.45) is 5.73 Å². The summed E-state index contributed by atoms with van der Waals surface area (Å²) >= 11 is 0. The number of hydrogen-bond donors (Lipinski definition) is 3. The summed E-state index contributed by atoms with van der Waals surface area (Å²) in [5.41, 5.74) is 6.48. The van der Waals surface area contributed by atoms with Crippen LogP contribution in [-0.4, -0.2) is 23.7 Å². The van der Waals surface area contributed by atoms with Crippen LogP contribution in [0.15, 0.2) is 30.3 Å². The fourth-order valence-electron chi connectivity index (χ4n) is 1.38. The molecule has 1 amide bonds. The first kappa shape index (κ1) is 12.7. The second-order valence-electron chi connectivity index (χ2n) is 3.67. The number of nitrogens with two attached hydrogens (primary N) is 1. The number of carbonyl (C=O) groups is 1. The Morgan fingerprint density at radius 1 is 1.44 bits per heavy atom. The van der Waals surface area contributed by atoms with E-state index in [-0.39, 0.29) is 18.6 Å². The highest BCUT2D eigenvalue weighted by molar-refractivity contribution is 5.81. The van der Waals surface area contributed by atoms with Gasteiger partial charge >= 0.3 is 0 Å². The average molecular weight is 222 g/mol. The Kier molecular flexibility index (Phi) is 4.95. The molecule has 0 aliphatic rings. The second kappa shape index (κ2) is 6.25. The molecule has 0 saturated carbocycles. The van der Waals surface area contributed by atoms with Gasteiger partial charge in [0, 0.05) is 0 Å². The molecule has 4 heteroatoms. The van der Waals surface area contributed by atoms with Crippen molar-refractivity contribution >= 4 is 5.91 Å². The molecule has 4 N–H and O–H groups in total. The first-order valence-corrected chi connectivity index (χ1v) is 5.40. The predicted octanol–water partition coefficient (Wildman–Crippen LogP) is 0.573. The molecule has 88 valence electrons. The normalized spacial score (nSPS) is 14.2. The highest BCUT2D eigenvalue weighted by Crippen LogP contribution is 2.11. The molecule has 1 aromatic carbocycles. The van der Waals surface area contributed by atoms with Crippen LogP contribution in [0, 0.1) is 0 Å². The van der Waals surface area contributed by atoms with Crippen molar-refractivity contribution in [1.82, 2.24) is 5.32 Å². The van der Waals surface area contributed by atoms with Crippen molar-refractivity contribution in [2.45, 2.75) is 25.4 Å². The van der Waals surface area contributed by atoms with Gasteiger partial charge < -0.3 is 16.2 Å². The lowest BCUT2D eigenvalue weighted by atomic mass is 10.1. The molecule has 0 aromatic heterocycles. The van der Waals surface area contributed by atoms with Gasteiger partial charge in [-0.3, -0.25) is 4.79 Å². The molecule has 2 atom stereocenters. The van der Waals surface area contributed by atoms with Crippen LogP contribution in [-0.2, 0) is 4.79 Å². The van der Waals surface area contributed by atoms with Gasteiger partial charge in [-0.15, -0.1) is 0 Å². The van der Waals surface area contributed by atoms with Crippen molar-refractivity contribution < 1.29 is 9.90 Å². The highest BCUT2D eigenvalue weighted by atomic mass is 16.3. The fraction of sp³-hybridized carbons (Fsp3) is 0.417. The summed E-state index contributed by atoms with van der Waals surface area (Å²) in [5, 5.41) is 11.9. The summed E-state index contributed by atoms with van der Waals surface area (Å²) in [6.07, 6.45) is 0.582. The number of aliphatic hydroxyl groups is 1. The van der Waals surface area contributed by atoms with Gasteiger partial charge in [0.1, 0.15) is 0 Å². The molecule has 1 aromatic rings. The Hall–Kier alpha value is -1.39. The molecule has 0 bridgehead atoms.